The van der Waals surface area contributed by atoms with Crippen molar-refractivity contribution in [2.24, 2.45) is 0 Å². The van der Waals surface area contributed by atoms with E-state index < -0.39 is 0 Å². The Morgan fingerprint density at radius 1 is 1.26 bits per heavy atom. The minimum Gasteiger partial charge on any atom is -0.306 e. The molecule has 1 aromatic heterocycles. The van der Waals surface area contributed by atoms with Gasteiger partial charge in [-0.25, -0.2) is 0 Å². The number of hydrogen-bond donors (Lipinski definition) is 1. The van der Waals surface area contributed by atoms with Crippen LogP contribution in [0.15, 0.2) is 34.8 Å². The van der Waals surface area contributed by atoms with E-state index in [0.717, 1.165) is 32.4 Å². The van der Waals surface area contributed by atoms with Crippen LogP contribution in [0.2, 0.25) is 9.36 Å². The van der Waals surface area contributed by atoms with Gasteiger partial charge in [-0.3, -0.25) is 0 Å². The summed E-state index contributed by atoms with van der Waals surface area (Å²) in [5.74, 6) is 0. The van der Waals surface area contributed by atoms with Gasteiger partial charge in [-0.05, 0) is 42.8 Å². The van der Waals surface area contributed by atoms with Crippen molar-refractivity contribution in [3.05, 3.63) is 54.6 Å². The molecule has 2 aromatic rings. The third-order valence-corrected chi connectivity index (χ3v) is 4.87. The summed E-state index contributed by atoms with van der Waals surface area (Å²) in [5.41, 5.74) is 1.08. The van der Waals surface area contributed by atoms with E-state index in [1.165, 1.54) is 4.88 Å². The molecular formula is C14H14BrCl2NS. The van der Waals surface area contributed by atoms with Crippen LogP contribution < -0.4 is 5.32 Å². The zero-order chi connectivity index (χ0) is 13.8. The highest BCUT2D eigenvalue weighted by molar-refractivity contribution is 9.10. The van der Waals surface area contributed by atoms with E-state index in [-0.39, 0.29) is 6.04 Å². The molecule has 1 N–H and O–H groups in total. The first-order valence-electron chi connectivity index (χ1n) is 6.05. The monoisotopic (exact) mass is 377 g/mol. The lowest BCUT2D eigenvalue weighted by Crippen LogP contribution is -2.22. The predicted molar refractivity (Wildman–Crippen MR) is 88.6 cm³/mol. The molecule has 0 spiro atoms. The van der Waals surface area contributed by atoms with Gasteiger partial charge in [-0.1, -0.05) is 52.1 Å². The third-order valence-electron chi connectivity index (χ3n) is 2.75. The molecule has 0 saturated heterocycles. The molecule has 0 amide bonds. The van der Waals surface area contributed by atoms with Crippen LogP contribution >= 0.6 is 50.5 Å². The molecule has 0 bridgehead atoms. The van der Waals surface area contributed by atoms with Gasteiger partial charge in [0, 0.05) is 14.4 Å². The summed E-state index contributed by atoms with van der Waals surface area (Å²) in [7, 11) is 0. The Labute approximate surface area is 136 Å². The Morgan fingerprint density at radius 3 is 2.63 bits per heavy atom. The highest BCUT2D eigenvalue weighted by Crippen LogP contribution is 2.35. The molecule has 1 atom stereocenters. The van der Waals surface area contributed by atoms with Gasteiger partial charge in [0.1, 0.15) is 0 Å². The lowest BCUT2D eigenvalue weighted by molar-refractivity contribution is 0.606. The first-order chi connectivity index (χ1) is 9.11. The maximum atomic E-state index is 6.36. The van der Waals surface area contributed by atoms with Crippen LogP contribution in [0.4, 0.5) is 0 Å². The van der Waals surface area contributed by atoms with Gasteiger partial charge >= 0.3 is 0 Å². The number of benzene rings is 1. The number of nitrogens with one attached hydrogen (secondary N) is 1. The summed E-state index contributed by atoms with van der Waals surface area (Å²) >= 11 is 17.4. The fourth-order valence-corrected chi connectivity index (χ4v) is 3.81. The van der Waals surface area contributed by atoms with E-state index in [9.17, 15) is 0 Å². The van der Waals surface area contributed by atoms with Gasteiger partial charge in [0.25, 0.3) is 0 Å². The zero-order valence-electron chi connectivity index (χ0n) is 10.4. The van der Waals surface area contributed by atoms with Crippen LogP contribution in [0, 0.1) is 0 Å². The van der Waals surface area contributed by atoms with Gasteiger partial charge in [0.15, 0.2) is 0 Å². The Balaban J connectivity index is 2.36. The summed E-state index contributed by atoms with van der Waals surface area (Å²) in [6, 6.07) is 10.1. The maximum absolute atomic E-state index is 6.36. The van der Waals surface area contributed by atoms with Crippen molar-refractivity contribution in [1.82, 2.24) is 5.32 Å². The van der Waals surface area contributed by atoms with E-state index in [4.69, 9.17) is 23.2 Å². The summed E-state index contributed by atoms with van der Waals surface area (Å²) in [4.78, 5) is 1.18. The number of hydrogen-bond acceptors (Lipinski definition) is 2. The van der Waals surface area contributed by atoms with Crippen LogP contribution in [-0.4, -0.2) is 6.54 Å². The van der Waals surface area contributed by atoms with Crippen molar-refractivity contribution in [2.75, 3.05) is 6.54 Å². The molecule has 0 aliphatic heterocycles. The number of thiophene rings is 1. The first-order valence-corrected chi connectivity index (χ1v) is 8.42. The molecule has 0 aliphatic carbocycles. The zero-order valence-corrected chi connectivity index (χ0v) is 14.3. The van der Waals surface area contributed by atoms with Crippen molar-refractivity contribution in [1.29, 1.82) is 0 Å². The van der Waals surface area contributed by atoms with Gasteiger partial charge in [-0.2, -0.15) is 0 Å². The molecule has 1 nitrogen and oxygen atoms in total. The molecule has 5 heteroatoms. The van der Waals surface area contributed by atoms with Crippen LogP contribution in [0.3, 0.4) is 0 Å². The summed E-state index contributed by atoms with van der Waals surface area (Å²) in [6.45, 7) is 3.08. The minimum atomic E-state index is 0.0954. The molecule has 0 saturated carbocycles. The lowest BCUT2D eigenvalue weighted by atomic mass is 10.1. The normalized spacial score (nSPS) is 12.6. The Bertz CT molecular complexity index is 556. The predicted octanol–water partition coefficient (Wildman–Crippen LogP) is 5.91. The van der Waals surface area contributed by atoms with Crippen molar-refractivity contribution < 1.29 is 0 Å². The first kappa shape index (κ1) is 15.3. The van der Waals surface area contributed by atoms with Crippen molar-refractivity contribution in [3.8, 4) is 0 Å². The summed E-state index contributed by atoms with van der Waals surface area (Å²) in [5, 5.41) is 4.28. The van der Waals surface area contributed by atoms with Crippen molar-refractivity contribution >= 4 is 50.5 Å². The van der Waals surface area contributed by atoms with Gasteiger partial charge in [0.2, 0.25) is 0 Å². The number of halogens is 3. The summed E-state index contributed by atoms with van der Waals surface area (Å²) in [6.07, 6.45) is 1.07. The second-order valence-corrected chi connectivity index (χ2v) is 7.26. The van der Waals surface area contributed by atoms with E-state index in [1.807, 2.05) is 24.3 Å². The van der Waals surface area contributed by atoms with Crippen LogP contribution in [0.5, 0.6) is 0 Å². The van der Waals surface area contributed by atoms with E-state index in [1.54, 1.807) is 11.3 Å². The highest BCUT2D eigenvalue weighted by Gasteiger charge is 2.18. The average Bonchev–Trinajstić information content (AvgIpc) is 2.78. The summed E-state index contributed by atoms with van der Waals surface area (Å²) < 4.78 is 1.78. The molecule has 1 aromatic carbocycles. The van der Waals surface area contributed by atoms with Crippen LogP contribution in [0.1, 0.15) is 29.8 Å². The molecule has 19 heavy (non-hydrogen) atoms. The molecule has 1 heterocycles. The fraction of sp³-hybridized carbons (Fsp3) is 0.286. The van der Waals surface area contributed by atoms with Crippen LogP contribution in [-0.2, 0) is 0 Å². The Hall–Kier alpha value is -0.0600. The molecular weight excluding hydrogens is 365 g/mol. The molecule has 0 fully saturated rings. The largest absolute Gasteiger partial charge is 0.306 e. The Morgan fingerprint density at radius 2 is 2.05 bits per heavy atom. The lowest BCUT2D eigenvalue weighted by Gasteiger charge is -2.19. The molecule has 0 aliphatic rings. The maximum Gasteiger partial charge on any atom is 0.0931 e. The van der Waals surface area contributed by atoms with Gasteiger partial charge < -0.3 is 5.32 Å². The Kier molecular flexibility index (Phi) is 5.72. The molecule has 0 radical (unpaired) electrons. The second kappa shape index (κ2) is 7.09. The van der Waals surface area contributed by atoms with Crippen molar-refractivity contribution in [2.45, 2.75) is 19.4 Å². The van der Waals surface area contributed by atoms with Crippen molar-refractivity contribution in [3.63, 3.8) is 0 Å². The van der Waals surface area contributed by atoms with E-state index in [2.05, 4.69) is 34.2 Å². The van der Waals surface area contributed by atoms with Gasteiger partial charge in [0.05, 0.1) is 10.4 Å². The second-order valence-electron chi connectivity index (χ2n) is 4.19. The highest BCUT2D eigenvalue weighted by atomic mass is 79.9. The topological polar surface area (TPSA) is 12.0 Å². The fourth-order valence-electron chi connectivity index (χ4n) is 1.87. The smallest absolute Gasteiger partial charge is 0.0931 e. The minimum absolute atomic E-state index is 0.0954. The average molecular weight is 379 g/mol. The van der Waals surface area contributed by atoms with E-state index in [0.29, 0.717) is 0 Å². The quantitative estimate of drug-likeness (QED) is 0.682. The standard InChI is InChI=1S/C14H14BrCl2NS/c1-2-7-18-14(12-5-6-13(17)19-12)10-4-3-9(15)8-11(10)16/h3-6,8,14,18H,2,7H2,1H3. The van der Waals surface area contributed by atoms with E-state index >= 15 is 0 Å². The SMILES string of the molecule is CCCNC(c1ccc(Cl)s1)c1ccc(Br)cc1Cl. The number of rotatable bonds is 5. The molecule has 102 valence electrons. The van der Waals surface area contributed by atoms with Gasteiger partial charge in [-0.15, -0.1) is 11.3 Å². The molecule has 1 unspecified atom stereocenters. The molecule has 2 rings (SSSR count). The van der Waals surface area contributed by atoms with Crippen LogP contribution in [0.25, 0.3) is 0 Å². The third kappa shape index (κ3) is 3.96.